The highest BCUT2D eigenvalue weighted by atomic mass is 32.1. The SMILES string of the molecule is O=C(NCCCc1nc2ccccc2[nH]1)N[C@H](c1ccc(F)cc1)c1cccs1. The van der Waals surface area contributed by atoms with Crippen molar-refractivity contribution in [3.05, 3.63) is 88.1 Å². The van der Waals surface area contributed by atoms with E-state index >= 15 is 0 Å². The van der Waals surface area contributed by atoms with Gasteiger partial charge in [0.2, 0.25) is 0 Å². The van der Waals surface area contributed by atoms with E-state index in [1.54, 1.807) is 23.5 Å². The lowest BCUT2D eigenvalue weighted by Crippen LogP contribution is -2.38. The van der Waals surface area contributed by atoms with Crippen LogP contribution in [0.1, 0.15) is 28.7 Å². The molecule has 2 aromatic carbocycles. The molecular weight excluding hydrogens is 387 g/mol. The number of hydrogen-bond acceptors (Lipinski definition) is 3. The number of urea groups is 1. The highest BCUT2D eigenvalue weighted by molar-refractivity contribution is 7.10. The molecule has 0 aliphatic heterocycles. The largest absolute Gasteiger partial charge is 0.342 e. The van der Waals surface area contributed by atoms with Gasteiger partial charge in [0.1, 0.15) is 11.6 Å². The predicted octanol–water partition coefficient (Wildman–Crippen LogP) is 4.78. The highest BCUT2D eigenvalue weighted by Crippen LogP contribution is 2.26. The van der Waals surface area contributed by atoms with E-state index in [4.69, 9.17) is 0 Å². The van der Waals surface area contributed by atoms with E-state index in [1.165, 1.54) is 12.1 Å². The topological polar surface area (TPSA) is 69.8 Å². The third-order valence-electron chi connectivity index (χ3n) is 4.62. The van der Waals surface area contributed by atoms with E-state index in [9.17, 15) is 9.18 Å². The number of H-pyrrole nitrogens is 1. The van der Waals surface area contributed by atoms with Gasteiger partial charge in [-0.05, 0) is 47.7 Å². The van der Waals surface area contributed by atoms with Crippen molar-refractivity contribution in [2.45, 2.75) is 18.9 Å². The van der Waals surface area contributed by atoms with Gasteiger partial charge in [-0.1, -0.05) is 30.3 Å². The molecule has 148 valence electrons. The van der Waals surface area contributed by atoms with Crippen molar-refractivity contribution in [1.29, 1.82) is 0 Å². The second kappa shape index (κ2) is 8.87. The van der Waals surface area contributed by atoms with Gasteiger partial charge >= 0.3 is 6.03 Å². The molecule has 2 aromatic heterocycles. The minimum Gasteiger partial charge on any atom is -0.342 e. The van der Waals surface area contributed by atoms with Crippen LogP contribution < -0.4 is 10.6 Å². The minimum atomic E-state index is -0.314. The van der Waals surface area contributed by atoms with Crippen molar-refractivity contribution in [3.8, 4) is 0 Å². The van der Waals surface area contributed by atoms with E-state index in [-0.39, 0.29) is 17.9 Å². The maximum absolute atomic E-state index is 13.3. The number of amides is 2. The highest BCUT2D eigenvalue weighted by Gasteiger charge is 2.17. The van der Waals surface area contributed by atoms with Gasteiger partial charge in [0.15, 0.2) is 0 Å². The number of nitrogens with one attached hydrogen (secondary N) is 3. The number of aromatic nitrogens is 2. The van der Waals surface area contributed by atoms with Crippen LogP contribution in [-0.4, -0.2) is 22.5 Å². The number of nitrogens with zero attached hydrogens (tertiary/aromatic N) is 1. The fourth-order valence-electron chi connectivity index (χ4n) is 3.19. The molecule has 29 heavy (non-hydrogen) atoms. The summed E-state index contributed by atoms with van der Waals surface area (Å²) in [7, 11) is 0. The molecule has 3 N–H and O–H groups in total. The zero-order valence-corrected chi connectivity index (χ0v) is 16.5. The number of hydrogen-bond donors (Lipinski definition) is 3. The summed E-state index contributed by atoms with van der Waals surface area (Å²) < 4.78 is 13.3. The van der Waals surface area contributed by atoms with E-state index in [2.05, 4.69) is 20.6 Å². The van der Waals surface area contributed by atoms with Gasteiger partial charge in [0.25, 0.3) is 0 Å². The quantitative estimate of drug-likeness (QED) is 0.385. The van der Waals surface area contributed by atoms with E-state index in [1.807, 2.05) is 41.8 Å². The molecule has 4 aromatic rings. The fraction of sp³-hybridized carbons (Fsp3) is 0.182. The first kappa shape index (κ1) is 19.1. The van der Waals surface area contributed by atoms with Gasteiger partial charge in [-0.3, -0.25) is 0 Å². The Labute approximate surface area is 172 Å². The molecule has 0 radical (unpaired) electrons. The van der Waals surface area contributed by atoms with Crippen LogP contribution in [-0.2, 0) is 6.42 Å². The number of carbonyl (C=O) groups excluding carboxylic acids is 1. The Morgan fingerprint density at radius 2 is 1.93 bits per heavy atom. The Bertz CT molecular complexity index is 1040. The summed E-state index contributed by atoms with van der Waals surface area (Å²) in [5.74, 6) is 0.616. The number of rotatable bonds is 7. The summed E-state index contributed by atoms with van der Waals surface area (Å²) in [5.41, 5.74) is 2.81. The van der Waals surface area contributed by atoms with Gasteiger partial charge in [-0.2, -0.15) is 0 Å². The number of imidazole rings is 1. The number of para-hydroxylation sites is 2. The molecule has 2 amide bonds. The molecule has 0 saturated carbocycles. The molecular formula is C22H21FN4OS. The zero-order valence-electron chi connectivity index (χ0n) is 15.7. The number of aryl methyl sites for hydroxylation is 1. The maximum atomic E-state index is 13.3. The van der Waals surface area contributed by atoms with Gasteiger partial charge in [0.05, 0.1) is 17.1 Å². The maximum Gasteiger partial charge on any atom is 0.315 e. The average molecular weight is 409 g/mol. The van der Waals surface area contributed by atoms with Crippen molar-refractivity contribution in [3.63, 3.8) is 0 Å². The molecule has 7 heteroatoms. The van der Waals surface area contributed by atoms with E-state index in [0.717, 1.165) is 40.1 Å². The summed E-state index contributed by atoms with van der Waals surface area (Å²) in [6, 6.07) is 17.4. The molecule has 0 bridgehead atoms. The third kappa shape index (κ3) is 4.81. The van der Waals surface area contributed by atoms with Crippen LogP contribution in [0.3, 0.4) is 0 Å². The Morgan fingerprint density at radius 3 is 2.69 bits per heavy atom. The Kier molecular flexibility index (Phi) is 5.86. The van der Waals surface area contributed by atoms with E-state index in [0.29, 0.717) is 6.54 Å². The van der Waals surface area contributed by atoms with Gasteiger partial charge in [0, 0.05) is 17.8 Å². The average Bonchev–Trinajstić information content (AvgIpc) is 3.40. The van der Waals surface area contributed by atoms with Crippen molar-refractivity contribution in [2.24, 2.45) is 0 Å². The normalized spacial score (nSPS) is 12.0. The summed E-state index contributed by atoms with van der Waals surface area (Å²) in [6.07, 6.45) is 1.52. The molecule has 4 rings (SSSR count). The van der Waals surface area contributed by atoms with E-state index < -0.39 is 0 Å². The third-order valence-corrected chi connectivity index (χ3v) is 5.56. The van der Waals surface area contributed by atoms with Gasteiger partial charge < -0.3 is 15.6 Å². The predicted molar refractivity (Wildman–Crippen MR) is 114 cm³/mol. The van der Waals surface area contributed by atoms with Crippen LogP contribution in [0.4, 0.5) is 9.18 Å². The van der Waals surface area contributed by atoms with Crippen LogP contribution in [0.2, 0.25) is 0 Å². The smallest absolute Gasteiger partial charge is 0.315 e. The number of aromatic amines is 1. The van der Waals surface area contributed by atoms with Crippen molar-refractivity contribution < 1.29 is 9.18 Å². The second-order valence-corrected chi connectivity index (χ2v) is 7.68. The summed E-state index contributed by atoms with van der Waals surface area (Å²) >= 11 is 1.55. The van der Waals surface area contributed by atoms with Gasteiger partial charge in [-0.25, -0.2) is 14.2 Å². The number of halogens is 1. The molecule has 0 aliphatic rings. The molecule has 2 heterocycles. The molecule has 0 saturated heterocycles. The monoisotopic (exact) mass is 408 g/mol. The number of benzene rings is 2. The minimum absolute atomic E-state index is 0.252. The van der Waals surface area contributed by atoms with Gasteiger partial charge in [-0.15, -0.1) is 11.3 Å². The standard InChI is InChI=1S/C22H21FN4OS/c23-16-11-9-15(10-12-16)21(19-7-4-14-29-19)27-22(28)24-13-3-8-20-25-17-5-1-2-6-18(17)26-20/h1-2,4-7,9-12,14,21H,3,8,13H2,(H,25,26)(H2,24,27,28)/t21-/m1/s1. The molecule has 0 spiro atoms. The fourth-order valence-corrected chi connectivity index (χ4v) is 4.00. The molecule has 0 fully saturated rings. The van der Waals surface area contributed by atoms with Crippen molar-refractivity contribution >= 4 is 28.4 Å². The number of thiophene rings is 1. The first-order chi connectivity index (χ1) is 14.2. The summed E-state index contributed by atoms with van der Waals surface area (Å²) in [6.45, 7) is 0.531. The number of carbonyl (C=O) groups is 1. The Hall–Kier alpha value is -3.19. The van der Waals surface area contributed by atoms with Crippen LogP contribution in [0, 0.1) is 5.82 Å². The lowest BCUT2D eigenvalue weighted by atomic mass is 10.1. The van der Waals surface area contributed by atoms with Crippen LogP contribution in [0.15, 0.2) is 66.0 Å². The first-order valence-electron chi connectivity index (χ1n) is 9.46. The van der Waals surface area contributed by atoms with Crippen molar-refractivity contribution in [1.82, 2.24) is 20.6 Å². The molecule has 5 nitrogen and oxygen atoms in total. The molecule has 0 unspecified atom stereocenters. The number of fused-ring (bicyclic) bond motifs is 1. The first-order valence-corrected chi connectivity index (χ1v) is 10.3. The lowest BCUT2D eigenvalue weighted by molar-refractivity contribution is 0.238. The van der Waals surface area contributed by atoms with Crippen LogP contribution in [0.5, 0.6) is 0 Å². The molecule has 0 aliphatic carbocycles. The second-order valence-electron chi connectivity index (χ2n) is 6.70. The lowest BCUT2D eigenvalue weighted by Gasteiger charge is -2.18. The van der Waals surface area contributed by atoms with Crippen LogP contribution in [0.25, 0.3) is 11.0 Å². The summed E-state index contributed by atoms with van der Waals surface area (Å²) in [4.78, 5) is 21.3. The Balaban J connectivity index is 1.31. The zero-order chi connectivity index (χ0) is 20.1. The summed E-state index contributed by atoms with van der Waals surface area (Å²) in [5, 5.41) is 7.85. The Morgan fingerprint density at radius 1 is 1.10 bits per heavy atom. The van der Waals surface area contributed by atoms with Crippen LogP contribution >= 0.6 is 11.3 Å². The van der Waals surface area contributed by atoms with Crippen molar-refractivity contribution in [2.75, 3.05) is 6.54 Å². The molecule has 1 atom stereocenters.